The smallest absolute Gasteiger partial charge is 0.265 e. The summed E-state index contributed by atoms with van der Waals surface area (Å²) in [5, 5.41) is 0. The molecule has 0 atom stereocenters. The Labute approximate surface area is 202 Å². The molecule has 0 aliphatic carbocycles. The summed E-state index contributed by atoms with van der Waals surface area (Å²) in [6.45, 7) is 3.20. The molecule has 0 fully saturated rings. The Morgan fingerprint density at radius 3 is 2.41 bits per heavy atom. The molecule has 13 heteroatoms. The molecule has 0 saturated heterocycles. The van der Waals surface area contributed by atoms with E-state index in [0.29, 0.717) is 34.2 Å². The minimum Gasteiger partial charge on any atom is -0.265 e. The minimum atomic E-state index is -4.52. The fourth-order valence-corrected chi connectivity index (χ4v) is 6.88. The highest BCUT2D eigenvalue weighted by Crippen LogP contribution is 2.38. The van der Waals surface area contributed by atoms with E-state index >= 15 is 0 Å². The molecule has 0 bridgehead atoms. The van der Waals surface area contributed by atoms with Gasteiger partial charge < -0.3 is 0 Å². The van der Waals surface area contributed by atoms with Gasteiger partial charge in [0.05, 0.1) is 22.2 Å². The number of hydrogen-bond acceptors (Lipinski definition) is 6. The van der Waals surface area contributed by atoms with E-state index in [0.717, 1.165) is 35.6 Å². The van der Waals surface area contributed by atoms with E-state index in [1.165, 1.54) is 27.7 Å². The van der Waals surface area contributed by atoms with Gasteiger partial charge in [0.2, 0.25) is 10.0 Å². The number of hydrogen-bond donors (Lipinski definition) is 1. The molecule has 0 radical (unpaired) electrons. The number of sulfonamides is 1. The number of benzene rings is 1. The van der Waals surface area contributed by atoms with Crippen LogP contribution in [0.5, 0.6) is 0 Å². The molecule has 34 heavy (non-hydrogen) atoms. The topological polar surface area (TPSA) is 81.1 Å². The molecule has 0 amide bonds. The number of rotatable bonds is 10. The molecule has 0 aromatic heterocycles. The van der Waals surface area contributed by atoms with Gasteiger partial charge in [-0.25, -0.2) is 13.2 Å². The number of thioether (sulfide) groups is 1. The van der Waals surface area contributed by atoms with Crippen LogP contribution in [0.2, 0.25) is 0 Å². The van der Waals surface area contributed by atoms with Crippen molar-refractivity contribution in [1.29, 1.82) is 0 Å². The number of anilines is 1. The average Bonchev–Trinajstić information content (AvgIpc) is 3.06. The van der Waals surface area contributed by atoms with Gasteiger partial charge in [-0.15, -0.1) is 23.1 Å². The summed E-state index contributed by atoms with van der Waals surface area (Å²) in [7, 11) is -4.08. The second kappa shape index (κ2) is 10.6. The highest BCUT2D eigenvalue weighted by atomic mass is 32.2. The fraction of sp³-hybridized carbons (Fsp3) is 0.429. The molecule has 0 unspecified atom stereocenters. The van der Waals surface area contributed by atoms with Crippen molar-refractivity contribution >= 4 is 38.9 Å². The van der Waals surface area contributed by atoms with Crippen molar-refractivity contribution in [2.75, 3.05) is 17.1 Å². The Bertz CT molecular complexity index is 1270. The second-order valence-corrected chi connectivity index (χ2v) is 11.9. The molecule has 0 saturated carbocycles. The number of halogens is 4. The SMILES string of the molecule is Cc1sc(SCCCCCF)c2c(NS(=O)(=O)Cc3ccc(C(F)(F)F)cc3)nc(=O)n-2c1C. The third-order valence-electron chi connectivity index (χ3n) is 5.03. The summed E-state index contributed by atoms with van der Waals surface area (Å²) in [6, 6.07) is 3.83. The predicted molar refractivity (Wildman–Crippen MR) is 127 cm³/mol. The standard InChI is InChI=1S/C21H23F4N3O3S3/c1-13-14(2)33-19(32-11-5-3-4-10-22)17-18(26-20(29)28(13)17)27-34(30,31)12-15-6-8-16(9-7-15)21(23,24)25/h6-9H,3-5,10-12H2,1-2H3,(H,26,27,29). The van der Waals surface area contributed by atoms with Crippen LogP contribution in [-0.2, 0) is 22.0 Å². The molecule has 186 valence electrons. The number of fused-ring (bicyclic) bond motifs is 1. The maximum Gasteiger partial charge on any atom is 0.416 e. The average molecular weight is 538 g/mol. The van der Waals surface area contributed by atoms with Gasteiger partial charge in [-0.2, -0.15) is 18.2 Å². The first-order chi connectivity index (χ1) is 15.9. The normalized spacial score (nSPS) is 12.4. The maximum atomic E-state index is 12.8. The van der Waals surface area contributed by atoms with E-state index in [1.807, 2.05) is 6.92 Å². The Kier molecular flexibility index (Phi) is 8.30. The highest BCUT2D eigenvalue weighted by Gasteiger charge is 2.30. The van der Waals surface area contributed by atoms with Crippen molar-refractivity contribution in [3.8, 4) is 5.69 Å². The summed E-state index contributed by atoms with van der Waals surface area (Å²) in [6.07, 6.45) is -2.58. The summed E-state index contributed by atoms with van der Waals surface area (Å²) in [4.78, 5) is 17.3. The van der Waals surface area contributed by atoms with Crippen molar-refractivity contribution in [3.63, 3.8) is 0 Å². The van der Waals surface area contributed by atoms with Crippen LogP contribution in [-0.4, -0.2) is 30.4 Å². The van der Waals surface area contributed by atoms with Crippen LogP contribution in [0, 0.1) is 13.8 Å². The summed E-state index contributed by atoms with van der Waals surface area (Å²) in [5.74, 6) is -0.0492. The molecular weight excluding hydrogens is 514 g/mol. The van der Waals surface area contributed by atoms with E-state index < -0.39 is 33.2 Å². The first-order valence-corrected chi connectivity index (χ1v) is 13.8. The summed E-state index contributed by atoms with van der Waals surface area (Å²) < 4.78 is 80.5. The van der Waals surface area contributed by atoms with Gasteiger partial charge >= 0.3 is 11.9 Å². The quantitative estimate of drug-likeness (QED) is 0.209. The lowest BCUT2D eigenvalue weighted by Crippen LogP contribution is -2.17. The predicted octanol–water partition coefficient (Wildman–Crippen LogP) is 5.54. The summed E-state index contributed by atoms with van der Waals surface area (Å²) >= 11 is 2.85. The van der Waals surface area contributed by atoms with Crippen LogP contribution >= 0.6 is 23.1 Å². The van der Waals surface area contributed by atoms with Crippen molar-refractivity contribution in [2.24, 2.45) is 0 Å². The number of nitrogens with one attached hydrogen (secondary N) is 1. The van der Waals surface area contributed by atoms with Crippen molar-refractivity contribution in [3.05, 3.63) is 56.4 Å². The summed E-state index contributed by atoms with van der Waals surface area (Å²) in [5.41, 5.74) is -0.381. The Morgan fingerprint density at radius 1 is 1.12 bits per heavy atom. The van der Waals surface area contributed by atoms with Gasteiger partial charge in [-0.3, -0.25) is 13.7 Å². The van der Waals surface area contributed by atoms with Gasteiger partial charge in [0.15, 0.2) is 5.82 Å². The molecule has 2 aliphatic rings. The van der Waals surface area contributed by atoms with Crippen LogP contribution < -0.4 is 10.4 Å². The lowest BCUT2D eigenvalue weighted by Gasteiger charge is -2.16. The number of nitrogens with zero attached hydrogens (tertiary/aromatic N) is 2. The molecular formula is C21H23F4N3O3S3. The molecule has 0 spiro atoms. The zero-order chi connectivity index (χ0) is 25.1. The van der Waals surface area contributed by atoms with E-state index in [1.54, 1.807) is 6.92 Å². The van der Waals surface area contributed by atoms with Crippen molar-refractivity contribution in [1.82, 2.24) is 9.55 Å². The molecule has 1 aromatic carbocycles. The van der Waals surface area contributed by atoms with Crippen LogP contribution in [0.1, 0.15) is 41.0 Å². The maximum absolute atomic E-state index is 12.8. The molecule has 1 aromatic rings. The molecule has 6 nitrogen and oxygen atoms in total. The number of alkyl halides is 4. The minimum absolute atomic E-state index is 0.123. The Balaban J connectivity index is 1.87. The van der Waals surface area contributed by atoms with Gasteiger partial charge in [0, 0.05) is 10.6 Å². The lowest BCUT2D eigenvalue weighted by atomic mass is 10.1. The third-order valence-corrected chi connectivity index (χ3v) is 8.78. The van der Waals surface area contributed by atoms with Crippen molar-refractivity contribution in [2.45, 2.75) is 49.2 Å². The van der Waals surface area contributed by atoms with Crippen LogP contribution in [0.4, 0.5) is 23.4 Å². The first-order valence-electron chi connectivity index (χ1n) is 10.3. The number of unbranched alkanes of at least 4 members (excludes halogenated alkanes) is 2. The van der Waals surface area contributed by atoms with E-state index in [2.05, 4.69) is 9.71 Å². The lowest BCUT2D eigenvalue weighted by molar-refractivity contribution is -0.137. The van der Waals surface area contributed by atoms with Gasteiger partial charge in [-0.05, 0) is 50.1 Å². The largest absolute Gasteiger partial charge is 0.416 e. The third kappa shape index (κ3) is 6.30. The fourth-order valence-electron chi connectivity index (χ4n) is 3.22. The zero-order valence-corrected chi connectivity index (χ0v) is 20.9. The van der Waals surface area contributed by atoms with Crippen LogP contribution in [0.3, 0.4) is 0 Å². The van der Waals surface area contributed by atoms with Gasteiger partial charge in [-0.1, -0.05) is 18.6 Å². The second-order valence-electron chi connectivity index (χ2n) is 7.61. The van der Waals surface area contributed by atoms with Gasteiger partial charge in [0.1, 0.15) is 5.69 Å². The van der Waals surface area contributed by atoms with Crippen molar-refractivity contribution < 1.29 is 26.0 Å². The van der Waals surface area contributed by atoms with E-state index in [-0.39, 0.29) is 18.1 Å². The highest BCUT2D eigenvalue weighted by molar-refractivity contribution is 8.01. The Morgan fingerprint density at radius 2 is 1.79 bits per heavy atom. The van der Waals surface area contributed by atoms with Crippen LogP contribution in [0.25, 0.3) is 5.69 Å². The van der Waals surface area contributed by atoms with Crippen LogP contribution in [0.15, 0.2) is 33.3 Å². The molecule has 2 aliphatic heterocycles. The molecule has 2 heterocycles. The Hall–Kier alpha value is -2.12. The van der Waals surface area contributed by atoms with Gasteiger partial charge in [0.25, 0.3) is 0 Å². The number of aryl methyl sites for hydroxylation is 1. The number of imidazole rings is 1. The number of aromatic nitrogens is 2. The van der Waals surface area contributed by atoms with E-state index in [4.69, 9.17) is 0 Å². The molecule has 1 N–H and O–H groups in total. The molecule has 3 rings (SSSR count). The zero-order valence-electron chi connectivity index (χ0n) is 18.4. The van der Waals surface area contributed by atoms with E-state index in [9.17, 15) is 30.8 Å². The first kappa shape index (κ1) is 26.5. The monoisotopic (exact) mass is 537 g/mol.